The van der Waals surface area contributed by atoms with Crippen LogP contribution in [0.25, 0.3) is 5.69 Å². The van der Waals surface area contributed by atoms with E-state index >= 15 is 0 Å². The van der Waals surface area contributed by atoms with Gasteiger partial charge in [-0.05, 0) is 92.3 Å². The Morgan fingerprint density at radius 3 is 2.48 bits per heavy atom. The molecule has 3 heterocycles. The number of anilines is 1. The molecule has 2 N–H and O–H groups in total. The van der Waals surface area contributed by atoms with Crippen molar-refractivity contribution in [3.8, 4) is 11.4 Å². The molecule has 2 aromatic carbocycles. The van der Waals surface area contributed by atoms with Gasteiger partial charge < -0.3 is 29.4 Å². The summed E-state index contributed by atoms with van der Waals surface area (Å²) in [7, 11) is 1.62. The smallest absolute Gasteiger partial charge is 0.335 e. The highest BCUT2D eigenvalue weighted by Gasteiger charge is 2.42. The molecule has 10 heteroatoms. The lowest BCUT2D eigenvalue weighted by Crippen LogP contribution is -2.29. The van der Waals surface area contributed by atoms with Crippen LogP contribution >= 0.6 is 23.8 Å². The van der Waals surface area contributed by atoms with Crippen LogP contribution in [0.4, 0.5) is 5.69 Å². The molecule has 0 amide bonds. The SMILES string of the molecule is COCCOc1ccc(N2C(=S)NC(c3ccccn3)C2c2cc(C)n(-c3ccc(C(=O)O)cc3)c2C)cc1Cl. The van der Waals surface area contributed by atoms with Crippen LogP contribution in [0.5, 0.6) is 5.75 Å². The highest BCUT2D eigenvalue weighted by Crippen LogP contribution is 2.45. The number of carboxylic acid groups (broad SMARTS) is 1. The highest BCUT2D eigenvalue weighted by atomic mass is 35.5. The summed E-state index contributed by atoms with van der Waals surface area (Å²) in [5.74, 6) is -0.386. The zero-order valence-corrected chi connectivity index (χ0v) is 23.9. The first kappa shape index (κ1) is 27.6. The molecular formula is C30H29ClN4O4S. The van der Waals surface area contributed by atoms with Gasteiger partial charge in [-0.25, -0.2) is 4.79 Å². The van der Waals surface area contributed by atoms with E-state index in [1.165, 1.54) is 0 Å². The van der Waals surface area contributed by atoms with Crippen molar-refractivity contribution in [1.82, 2.24) is 14.9 Å². The molecule has 1 aliphatic heterocycles. The van der Waals surface area contributed by atoms with Crippen molar-refractivity contribution in [1.29, 1.82) is 0 Å². The molecule has 2 atom stereocenters. The van der Waals surface area contributed by atoms with Crippen LogP contribution in [-0.2, 0) is 4.74 Å². The van der Waals surface area contributed by atoms with Gasteiger partial charge in [-0.15, -0.1) is 0 Å². The number of benzene rings is 2. The van der Waals surface area contributed by atoms with Gasteiger partial charge >= 0.3 is 5.97 Å². The van der Waals surface area contributed by atoms with E-state index in [1.54, 1.807) is 25.4 Å². The predicted octanol–water partition coefficient (Wildman–Crippen LogP) is 6.04. The average molecular weight is 577 g/mol. The normalized spacial score (nSPS) is 16.7. The van der Waals surface area contributed by atoms with Gasteiger partial charge in [0.2, 0.25) is 0 Å². The minimum Gasteiger partial charge on any atom is -0.490 e. The molecule has 1 saturated heterocycles. The number of nitrogens with zero attached hydrogens (tertiary/aromatic N) is 3. The number of hydrogen-bond acceptors (Lipinski definition) is 5. The Labute approximate surface area is 243 Å². The topological polar surface area (TPSA) is 88.9 Å². The van der Waals surface area contributed by atoms with Crippen LogP contribution in [-0.4, -0.2) is 46.1 Å². The molecule has 0 aliphatic carbocycles. The van der Waals surface area contributed by atoms with E-state index in [2.05, 4.69) is 32.8 Å². The van der Waals surface area contributed by atoms with Crippen molar-refractivity contribution in [2.24, 2.45) is 0 Å². The molecule has 8 nitrogen and oxygen atoms in total. The van der Waals surface area contributed by atoms with Crippen molar-refractivity contribution >= 4 is 40.6 Å². The Hall–Kier alpha value is -3.92. The van der Waals surface area contributed by atoms with E-state index < -0.39 is 5.97 Å². The van der Waals surface area contributed by atoms with Crippen molar-refractivity contribution in [2.75, 3.05) is 25.2 Å². The van der Waals surface area contributed by atoms with Gasteiger partial charge in [-0.3, -0.25) is 4.98 Å². The fourth-order valence-electron chi connectivity index (χ4n) is 5.18. The van der Waals surface area contributed by atoms with E-state index in [1.807, 2.05) is 55.5 Å². The number of carbonyl (C=O) groups is 1. The Morgan fingerprint density at radius 2 is 1.82 bits per heavy atom. The number of aromatic carboxylic acids is 1. The number of ether oxygens (including phenoxy) is 2. The number of carboxylic acids is 1. The Balaban J connectivity index is 1.59. The first-order valence-electron chi connectivity index (χ1n) is 12.7. The molecule has 0 spiro atoms. The molecule has 2 aromatic heterocycles. The maximum Gasteiger partial charge on any atom is 0.335 e. The number of pyridine rings is 1. The molecule has 0 saturated carbocycles. The fourth-order valence-corrected chi connectivity index (χ4v) is 5.75. The van der Waals surface area contributed by atoms with Gasteiger partial charge in [0.25, 0.3) is 0 Å². The molecule has 2 unspecified atom stereocenters. The Morgan fingerprint density at radius 1 is 1.07 bits per heavy atom. The quantitative estimate of drug-likeness (QED) is 0.184. The lowest BCUT2D eigenvalue weighted by atomic mass is 9.96. The van der Waals surface area contributed by atoms with Crippen molar-refractivity contribution in [3.05, 3.63) is 106 Å². The number of aromatic nitrogens is 2. The number of hydrogen-bond donors (Lipinski definition) is 2. The molecule has 206 valence electrons. The van der Waals surface area contributed by atoms with E-state index in [0.29, 0.717) is 29.1 Å². The maximum atomic E-state index is 11.4. The van der Waals surface area contributed by atoms with Gasteiger partial charge in [0.1, 0.15) is 12.4 Å². The first-order chi connectivity index (χ1) is 19.3. The number of thiocarbonyl (C=S) groups is 1. The van der Waals surface area contributed by atoms with E-state index in [0.717, 1.165) is 34.0 Å². The van der Waals surface area contributed by atoms with Gasteiger partial charge in [0.05, 0.1) is 35.0 Å². The molecule has 0 bridgehead atoms. The minimum absolute atomic E-state index is 0.228. The third-order valence-corrected chi connectivity index (χ3v) is 7.61. The minimum atomic E-state index is -0.957. The average Bonchev–Trinajstić information content (AvgIpc) is 3.44. The zero-order valence-electron chi connectivity index (χ0n) is 22.3. The number of halogens is 1. The molecule has 5 rings (SSSR count). The number of rotatable bonds is 9. The predicted molar refractivity (Wildman–Crippen MR) is 159 cm³/mol. The summed E-state index contributed by atoms with van der Waals surface area (Å²) in [4.78, 5) is 18.1. The second-order valence-electron chi connectivity index (χ2n) is 9.47. The lowest BCUT2D eigenvalue weighted by molar-refractivity contribution is 0.0697. The number of aryl methyl sites for hydroxylation is 1. The zero-order chi connectivity index (χ0) is 28.4. The third kappa shape index (κ3) is 5.28. The van der Waals surface area contributed by atoms with Gasteiger partial charge in [0, 0.05) is 36.1 Å². The summed E-state index contributed by atoms with van der Waals surface area (Å²) in [6, 6.07) is 20.0. The van der Waals surface area contributed by atoms with Crippen LogP contribution in [0.1, 0.15) is 45.1 Å². The molecular weight excluding hydrogens is 548 g/mol. The standard InChI is InChI=1S/C30H29ClN4O4S/c1-18-16-23(19(2)34(18)21-9-7-20(8-10-21)29(36)37)28-27(25-6-4-5-13-32-25)33-30(40)35(28)22-11-12-26(24(31)17-22)39-15-14-38-3/h4-13,16-17,27-28H,14-15H2,1-3H3,(H,33,40)(H,36,37). The molecule has 1 fully saturated rings. The van der Waals surface area contributed by atoms with E-state index in [9.17, 15) is 9.90 Å². The first-order valence-corrected chi connectivity index (χ1v) is 13.5. The van der Waals surface area contributed by atoms with Crippen LogP contribution in [0.2, 0.25) is 5.02 Å². The summed E-state index contributed by atoms with van der Waals surface area (Å²) in [6.07, 6.45) is 1.77. The van der Waals surface area contributed by atoms with Crippen LogP contribution in [0, 0.1) is 13.8 Å². The maximum absolute atomic E-state index is 11.4. The van der Waals surface area contributed by atoms with E-state index in [4.69, 9.17) is 33.3 Å². The van der Waals surface area contributed by atoms with Gasteiger partial charge in [0.15, 0.2) is 5.11 Å². The monoisotopic (exact) mass is 576 g/mol. The summed E-state index contributed by atoms with van der Waals surface area (Å²) in [5.41, 5.74) is 5.87. The molecule has 1 aliphatic rings. The van der Waals surface area contributed by atoms with Crippen molar-refractivity contribution in [3.63, 3.8) is 0 Å². The fraction of sp³-hybridized carbons (Fsp3) is 0.233. The Kier molecular flexibility index (Phi) is 8.07. The van der Waals surface area contributed by atoms with Crippen LogP contribution in [0.15, 0.2) is 72.9 Å². The van der Waals surface area contributed by atoms with Gasteiger partial charge in [-0.1, -0.05) is 17.7 Å². The third-order valence-electron chi connectivity index (χ3n) is 7.00. The van der Waals surface area contributed by atoms with Crippen LogP contribution < -0.4 is 15.0 Å². The summed E-state index contributed by atoms with van der Waals surface area (Å²) in [6.45, 7) is 4.94. The lowest BCUT2D eigenvalue weighted by Gasteiger charge is -2.28. The summed E-state index contributed by atoms with van der Waals surface area (Å²) < 4.78 is 13.0. The second-order valence-corrected chi connectivity index (χ2v) is 10.3. The highest BCUT2D eigenvalue weighted by molar-refractivity contribution is 7.80. The Bertz CT molecular complexity index is 1540. The van der Waals surface area contributed by atoms with Crippen molar-refractivity contribution < 1.29 is 19.4 Å². The summed E-state index contributed by atoms with van der Waals surface area (Å²) >= 11 is 12.5. The number of nitrogens with one attached hydrogen (secondary N) is 1. The van der Waals surface area contributed by atoms with Gasteiger partial charge in [-0.2, -0.15) is 0 Å². The second kappa shape index (κ2) is 11.7. The molecule has 4 aromatic rings. The largest absolute Gasteiger partial charge is 0.490 e. The number of methoxy groups -OCH3 is 1. The van der Waals surface area contributed by atoms with E-state index in [-0.39, 0.29) is 17.6 Å². The molecule has 0 radical (unpaired) electrons. The molecule has 40 heavy (non-hydrogen) atoms. The van der Waals surface area contributed by atoms with Crippen molar-refractivity contribution in [2.45, 2.75) is 25.9 Å². The summed E-state index contributed by atoms with van der Waals surface area (Å²) in [5, 5.41) is 13.9. The van der Waals surface area contributed by atoms with Crippen LogP contribution in [0.3, 0.4) is 0 Å².